The molecule has 6 heteroatoms. The fourth-order valence-electron chi connectivity index (χ4n) is 1.91. The van der Waals surface area contributed by atoms with Gasteiger partial charge in [-0.15, -0.1) is 0 Å². The minimum atomic E-state index is -0.834. The quantitative estimate of drug-likeness (QED) is 0.671. The van der Waals surface area contributed by atoms with Gasteiger partial charge >= 0.3 is 0 Å². The summed E-state index contributed by atoms with van der Waals surface area (Å²) in [6, 6.07) is 12.2. The molecule has 0 radical (unpaired) electrons. The number of carbonyl (C=O) groups excluding carboxylic acids is 2. The van der Waals surface area contributed by atoms with E-state index in [0.717, 1.165) is 0 Å². The first-order valence-electron chi connectivity index (χ1n) is 6.98. The van der Waals surface area contributed by atoms with Crippen LogP contribution in [0, 0.1) is 0 Å². The summed E-state index contributed by atoms with van der Waals surface area (Å²) in [5.41, 5.74) is 0.698. The van der Waals surface area contributed by atoms with Gasteiger partial charge in [0.2, 0.25) is 5.91 Å². The third kappa shape index (κ3) is 4.75. The molecule has 1 heterocycles. The van der Waals surface area contributed by atoms with Crippen molar-refractivity contribution in [2.45, 2.75) is 12.5 Å². The number of furan rings is 1. The summed E-state index contributed by atoms with van der Waals surface area (Å²) in [5, 5.41) is 15.2. The van der Waals surface area contributed by atoms with E-state index < -0.39 is 6.10 Å². The highest BCUT2D eigenvalue weighted by atomic mass is 16.3. The van der Waals surface area contributed by atoms with Gasteiger partial charge in [0, 0.05) is 13.1 Å². The molecule has 0 aliphatic heterocycles. The highest BCUT2D eigenvalue weighted by Crippen LogP contribution is 2.15. The molecule has 0 aliphatic rings. The van der Waals surface area contributed by atoms with Crippen LogP contribution in [0.5, 0.6) is 0 Å². The number of benzene rings is 1. The standard InChI is InChI=1S/C16H18N2O4/c19-13(12-5-2-1-3-6-12)11-15(20)17-8-9-18-16(21)14-7-4-10-22-14/h1-7,10,13,19H,8-9,11H2,(H,17,20)(H,18,21). The first-order valence-corrected chi connectivity index (χ1v) is 6.98. The van der Waals surface area contributed by atoms with E-state index in [-0.39, 0.29) is 37.1 Å². The van der Waals surface area contributed by atoms with Crippen LogP contribution in [-0.2, 0) is 4.79 Å². The largest absolute Gasteiger partial charge is 0.459 e. The summed E-state index contributed by atoms with van der Waals surface area (Å²) < 4.78 is 4.94. The highest BCUT2D eigenvalue weighted by Gasteiger charge is 2.12. The second-order valence-electron chi connectivity index (χ2n) is 4.71. The Morgan fingerprint density at radius 3 is 2.45 bits per heavy atom. The van der Waals surface area contributed by atoms with Crippen LogP contribution in [0.2, 0.25) is 0 Å². The molecule has 116 valence electrons. The normalized spacial score (nSPS) is 11.7. The molecule has 6 nitrogen and oxygen atoms in total. The molecule has 2 rings (SSSR count). The van der Waals surface area contributed by atoms with E-state index in [4.69, 9.17) is 4.42 Å². The Morgan fingerprint density at radius 1 is 1.05 bits per heavy atom. The molecule has 3 N–H and O–H groups in total. The lowest BCUT2D eigenvalue weighted by Gasteiger charge is -2.11. The molecular formula is C16H18N2O4. The average molecular weight is 302 g/mol. The van der Waals surface area contributed by atoms with Gasteiger partial charge in [0.15, 0.2) is 5.76 Å². The number of hydrogen-bond donors (Lipinski definition) is 3. The van der Waals surface area contributed by atoms with Crippen molar-refractivity contribution >= 4 is 11.8 Å². The second kappa shape index (κ2) is 7.99. The van der Waals surface area contributed by atoms with Gasteiger partial charge in [-0.25, -0.2) is 0 Å². The minimum absolute atomic E-state index is 0.0177. The molecule has 0 aliphatic carbocycles. The van der Waals surface area contributed by atoms with E-state index >= 15 is 0 Å². The zero-order valence-electron chi connectivity index (χ0n) is 12.0. The number of aliphatic hydroxyl groups is 1. The van der Waals surface area contributed by atoms with Gasteiger partial charge in [-0.05, 0) is 17.7 Å². The van der Waals surface area contributed by atoms with Crippen molar-refractivity contribution in [2.75, 3.05) is 13.1 Å². The Hall–Kier alpha value is -2.60. The topological polar surface area (TPSA) is 91.6 Å². The first-order chi connectivity index (χ1) is 10.7. The van der Waals surface area contributed by atoms with Crippen LogP contribution in [0.3, 0.4) is 0 Å². The number of carbonyl (C=O) groups is 2. The molecular weight excluding hydrogens is 284 g/mol. The van der Waals surface area contributed by atoms with Crippen molar-refractivity contribution < 1.29 is 19.1 Å². The van der Waals surface area contributed by atoms with E-state index in [9.17, 15) is 14.7 Å². The SMILES string of the molecule is O=C(CC(O)c1ccccc1)NCCNC(=O)c1ccco1. The Bertz CT molecular complexity index is 596. The van der Waals surface area contributed by atoms with Gasteiger partial charge in [-0.1, -0.05) is 30.3 Å². The molecule has 2 aromatic rings. The summed E-state index contributed by atoms with van der Waals surface area (Å²) in [7, 11) is 0. The summed E-state index contributed by atoms with van der Waals surface area (Å²) >= 11 is 0. The molecule has 0 bridgehead atoms. The molecule has 1 aromatic carbocycles. The summed E-state index contributed by atoms with van der Waals surface area (Å²) in [4.78, 5) is 23.3. The molecule has 1 unspecified atom stereocenters. The average Bonchev–Trinajstić information content (AvgIpc) is 3.06. The Balaban J connectivity index is 1.65. The molecule has 2 amide bonds. The van der Waals surface area contributed by atoms with Gasteiger partial charge in [0.05, 0.1) is 18.8 Å². The van der Waals surface area contributed by atoms with Crippen LogP contribution in [0.25, 0.3) is 0 Å². The maximum absolute atomic E-state index is 11.7. The fraction of sp³-hybridized carbons (Fsp3) is 0.250. The third-order valence-corrected chi connectivity index (χ3v) is 3.04. The smallest absolute Gasteiger partial charge is 0.287 e. The van der Waals surface area contributed by atoms with Crippen molar-refractivity contribution in [2.24, 2.45) is 0 Å². The molecule has 1 aromatic heterocycles. The van der Waals surface area contributed by atoms with E-state index in [1.807, 2.05) is 6.07 Å². The molecule has 0 saturated heterocycles. The van der Waals surface area contributed by atoms with E-state index in [0.29, 0.717) is 5.56 Å². The maximum Gasteiger partial charge on any atom is 0.287 e. The van der Waals surface area contributed by atoms with E-state index in [1.54, 1.807) is 36.4 Å². The van der Waals surface area contributed by atoms with Crippen LogP contribution in [0.1, 0.15) is 28.6 Å². The summed E-state index contributed by atoms with van der Waals surface area (Å²) in [6.07, 6.45) is 0.566. The van der Waals surface area contributed by atoms with Gasteiger partial charge in [0.25, 0.3) is 5.91 Å². The van der Waals surface area contributed by atoms with Crippen molar-refractivity contribution in [1.82, 2.24) is 10.6 Å². The van der Waals surface area contributed by atoms with Crippen LogP contribution >= 0.6 is 0 Å². The second-order valence-corrected chi connectivity index (χ2v) is 4.71. The third-order valence-electron chi connectivity index (χ3n) is 3.04. The lowest BCUT2D eigenvalue weighted by molar-refractivity contribution is -0.123. The van der Waals surface area contributed by atoms with Crippen molar-refractivity contribution in [3.8, 4) is 0 Å². The first kappa shape index (κ1) is 15.8. The fourth-order valence-corrected chi connectivity index (χ4v) is 1.91. The predicted molar refractivity (Wildman–Crippen MR) is 80.1 cm³/mol. The lowest BCUT2D eigenvalue weighted by Crippen LogP contribution is -2.35. The summed E-state index contributed by atoms with van der Waals surface area (Å²) in [5.74, 6) is -0.377. The summed E-state index contributed by atoms with van der Waals surface area (Å²) in [6.45, 7) is 0.569. The van der Waals surface area contributed by atoms with Gasteiger partial charge in [0.1, 0.15) is 0 Å². The van der Waals surface area contributed by atoms with Crippen LogP contribution in [0.4, 0.5) is 0 Å². The number of aliphatic hydroxyl groups excluding tert-OH is 1. The molecule has 1 atom stereocenters. The number of hydrogen-bond acceptors (Lipinski definition) is 4. The zero-order chi connectivity index (χ0) is 15.8. The number of nitrogens with one attached hydrogen (secondary N) is 2. The Morgan fingerprint density at radius 2 is 1.77 bits per heavy atom. The van der Waals surface area contributed by atoms with Crippen LogP contribution < -0.4 is 10.6 Å². The minimum Gasteiger partial charge on any atom is -0.459 e. The molecule has 0 fully saturated rings. The van der Waals surface area contributed by atoms with Crippen LogP contribution in [0.15, 0.2) is 53.1 Å². The Kier molecular flexibility index (Phi) is 5.73. The van der Waals surface area contributed by atoms with E-state index in [2.05, 4.69) is 10.6 Å². The number of amides is 2. The highest BCUT2D eigenvalue weighted by molar-refractivity contribution is 5.91. The molecule has 0 saturated carbocycles. The van der Waals surface area contributed by atoms with Gasteiger partial charge in [-0.2, -0.15) is 0 Å². The zero-order valence-corrected chi connectivity index (χ0v) is 12.0. The van der Waals surface area contributed by atoms with Crippen molar-refractivity contribution in [3.63, 3.8) is 0 Å². The maximum atomic E-state index is 11.7. The predicted octanol–water partition coefficient (Wildman–Crippen LogP) is 1.25. The van der Waals surface area contributed by atoms with E-state index in [1.165, 1.54) is 6.26 Å². The van der Waals surface area contributed by atoms with Crippen molar-refractivity contribution in [3.05, 3.63) is 60.1 Å². The number of rotatable bonds is 7. The molecule has 22 heavy (non-hydrogen) atoms. The van der Waals surface area contributed by atoms with Crippen LogP contribution in [-0.4, -0.2) is 30.0 Å². The monoisotopic (exact) mass is 302 g/mol. The van der Waals surface area contributed by atoms with Gasteiger partial charge in [-0.3, -0.25) is 9.59 Å². The van der Waals surface area contributed by atoms with Gasteiger partial charge < -0.3 is 20.2 Å². The van der Waals surface area contributed by atoms with Crippen molar-refractivity contribution in [1.29, 1.82) is 0 Å². The molecule has 0 spiro atoms. The Labute approximate surface area is 128 Å². The lowest BCUT2D eigenvalue weighted by atomic mass is 10.1.